The van der Waals surface area contributed by atoms with Gasteiger partial charge < -0.3 is 15.0 Å². The van der Waals surface area contributed by atoms with Crippen molar-refractivity contribution < 1.29 is 4.74 Å². The van der Waals surface area contributed by atoms with Crippen LogP contribution in [-0.4, -0.2) is 53.9 Å². The Balaban J connectivity index is 0.00000240. The molecule has 7 heteroatoms. The lowest BCUT2D eigenvalue weighted by Gasteiger charge is -2.34. The number of rotatable bonds is 4. The van der Waals surface area contributed by atoms with Gasteiger partial charge in [-0.15, -0.1) is 24.0 Å². The van der Waals surface area contributed by atoms with Gasteiger partial charge in [0.25, 0.3) is 0 Å². The summed E-state index contributed by atoms with van der Waals surface area (Å²) in [5.74, 6) is 0.929. The summed E-state index contributed by atoms with van der Waals surface area (Å²) >= 11 is 0. The molecule has 1 N–H and O–H groups in total. The SMILES string of the molecule is CN=C(NCCc1ccc2ccccc2c1)N1CCOC(c2cnn(C)c2)C1.I. The van der Waals surface area contributed by atoms with E-state index in [1.807, 2.05) is 31.2 Å². The van der Waals surface area contributed by atoms with Crippen LogP contribution in [0.1, 0.15) is 17.2 Å². The molecule has 2 heterocycles. The number of nitrogens with one attached hydrogen (secondary N) is 1. The number of benzene rings is 2. The number of ether oxygens (including phenoxy) is 1. The number of hydrogen-bond donors (Lipinski definition) is 1. The number of halogens is 1. The summed E-state index contributed by atoms with van der Waals surface area (Å²) in [4.78, 5) is 6.75. The monoisotopic (exact) mass is 505 g/mol. The summed E-state index contributed by atoms with van der Waals surface area (Å²) < 4.78 is 7.75. The largest absolute Gasteiger partial charge is 0.370 e. The van der Waals surface area contributed by atoms with Crippen molar-refractivity contribution in [2.24, 2.45) is 12.0 Å². The molecule has 1 unspecified atom stereocenters. The molecule has 3 aromatic rings. The van der Waals surface area contributed by atoms with E-state index in [1.165, 1.54) is 16.3 Å². The lowest BCUT2D eigenvalue weighted by molar-refractivity contribution is -0.00800. The molecule has 154 valence electrons. The van der Waals surface area contributed by atoms with Gasteiger partial charge in [-0.1, -0.05) is 42.5 Å². The normalized spacial score (nSPS) is 17.2. The highest BCUT2D eigenvalue weighted by molar-refractivity contribution is 14.0. The Morgan fingerprint density at radius 3 is 2.83 bits per heavy atom. The Kier molecular flexibility index (Phi) is 7.49. The van der Waals surface area contributed by atoms with E-state index >= 15 is 0 Å². The summed E-state index contributed by atoms with van der Waals surface area (Å²) in [6.45, 7) is 3.15. The molecule has 4 rings (SSSR count). The van der Waals surface area contributed by atoms with Gasteiger partial charge in [0, 0.05) is 38.9 Å². The number of aryl methyl sites for hydroxylation is 1. The molecule has 1 saturated heterocycles. The van der Waals surface area contributed by atoms with E-state index < -0.39 is 0 Å². The minimum absolute atomic E-state index is 0. The van der Waals surface area contributed by atoms with Crippen LogP contribution in [0.5, 0.6) is 0 Å². The van der Waals surface area contributed by atoms with Crippen molar-refractivity contribution in [3.63, 3.8) is 0 Å². The number of morpholine rings is 1. The predicted molar refractivity (Wildman–Crippen MR) is 128 cm³/mol. The number of aromatic nitrogens is 2. The molecule has 0 spiro atoms. The van der Waals surface area contributed by atoms with Gasteiger partial charge >= 0.3 is 0 Å². The highest BCUT2D eigenvalue weighted by Gasteiger charge is 2.25. The van der Waals surface area contributed by atoms with E-state index in [-0.39, 0.29) is 30.1 Å². The molecule has 0 radical (unpaired) electrons. The first-order chi connectivity index (χ1) is 13.7. The molecule has 1 atom stereocenters. The van der Waals surface area contributed by atoms with Gasteiger partial charge in [-0.2, -0.15) is 5.10 Å². The fourth-order valence-corrected chi connectivity index (χ4v) is 3.69. The first-order valence-electron chi connectivity index (χ1n) is 9.76. The van der Waals surface area contributed by atoms with Crippen molar-refractivity contribution in [2.75, 3.05) is 33.3 Å². The van der Waals surface area contributed by atoms with Crippen molar-refractivity contribution >= 4 is 40.7 Å². The quantitative estimate of drug-likeness (QED) is 0.336. The van der Waals surface area contributed by atoms with Crippen LogP contribution in [0.4, 0.5) is 0 Å². The van der Waals surface area contributed by atoms with Gasteiger partial charge in [0.2, 0.25) is 0 Å². The molecule has 1 aliphatic heterocycles. The standard InChI is InChI=1S/C22H27N5O.HI/c1-23-22(27-11-12-28-21(16-27)20-14-25-26(2)15-20)24-10-9-17-7-8-18-5-3-4-6-19(18)13-17;/h3-8,13-15,21H,9-12,16H2,1-2H3,(H,23,24);1H. The Hall–Kier alpha value is -2.13. The number of fused-ring (bicyclic) bond motifs is 1. The lowest BCUT2D eigenvalue weighted by atomic mass is 10.1. The molecule has 6 nitrogen and oxygen atoms in total. The second-order valence-electron chi connectivity index (χ2n) is 7.16. The first-order valence-corrected chi connectivity index (χ1v) is 9.76. The average Bonchev–Trinajstić information content (AvgIpc) is 3.17. The zero-order valence-electron chi connectivity index (χ0n) is 16.9. The highest BCUT2D eigenvalue weighted by Crippen LogP contribution is 2.21. The van der Waals surface area contributed by atoms with Crippen LogP contribution in [-0.2, 0) is 18.2 Å². The first kappa shape index (κ1) is 21.6. The lowest BCUT2D eigenvalue weighted by Crippen LogP contribution is -2.48. The highest BCUT2D eigenvalue weighted by atomic mass is 127. The van der Waals surface area contributed by atoms with Gasteiger partial charge in [-0.25, -0.2) is 0 Å². The fourth-order valence-electron chi connectivity index (χ4n) is 3.69. The van der Waals surface area contributed by atoms with Gasteiger partial charge in [0.05, 0.1) is 19.3 Å². The van der Waals surface area contributed by atoms with Crippen LogP contribution >= 0.6 is 24.0 Å². The van der Waals surface area contributed by atoms with Crippen LogP contribution in [0.25, 0.3) is 10.8 Å². The fraction of sp³-hybridized carbons (Fsp3) is 0.364. The Morgan fingerprint density at radius 1 is 1.24 bits per heavy atom. The molecule has 0 bridgehead atoms. The molecule has 0 aliphatic carbocycles. The second-order valence-corrected chi connectivity index (χ2v) is 7.16. The van der Waals surface area contributed by atoms with Crippen molar-refractivity contribution in [2.45, 2.75) is 12.5 Å². The Morgan fingerprint density at radius 2 is 2.07 bits per heavy atom. The minimum atomic E-state index is 0. The molecule has 1 aliphatic rings. The van der Waals surface area contributed by atoms with Crippen LogP contribution in [0.2, 0.25) is 0 Å². The molecule has 0 amide bonds. The van der Waals surface area contributed by atoms with Crippen LogP contribution < -0.4 is 5.32 Å². The van der Waals surface area contributed by atoms with Gasteiger partial charge in [0.1, 0.15) is 6.10 Å². The van der Waals surface area contributed by atoms with Gasteiger partial charge in [0.15, 0.2) is 5.96 Å². The van der Waals surface area contributed by atoms with E-state index in [0.717, 1.165) is 37.6 Å². The summed E-state index contributed by atoms with van der Waals surface area (Å²) in [6, 6.07) is 15.2. The maximum atomic E-state index is 5.94. The third-order valence-electron chi connectivity index (χ3n) is 5.19. The summed E-state index contributed by atoms with van der Waals surface area (Å²) in [5, 5.41) is 10.3. The zero-order chi connectivity index (χ0) is 19.3. The number of guanidine groups is 1. The maximum Gasteiger partial charge on any atom is 0.193 e. The van der Waals surface area contributed by atoms with E-state index in [1.54, 1.807) is 0 Å². The van der Waals surface area contributed by atoms with Gasteiger partial charge in [-0.3, -0.25) is 9.67 Å². The summed E-state index contributed by atoms with van der Waals surface area (Å²) in [7, 11) is 3.77. The third kappa shape index (κ3) is 5.27. The van der Waals surface area contributed by atoms with Crippen LogP contribution in [0, 0.1) is 0 Å². The number of hydrogen-bond acceptors (Lipinski definition) is 3. The van der Waals surface area contributed by atoms with Crippen molar-refractivity contribution in [3.05, 3.63) is 66.0 Å². The smallest absolute Gasteiger partial charge is 0.193 e. The van der Waals surface area contributed by atoms with E-state index in [9.17, 15) is 0 Å². The topological polar surface area (TPSA) is 54.7 Å². The van der Waals surface area contributed by atoms with Gasteiger partial charge in [-0.05, 0) is 22.8 Å². The Bertz CT molecular complexity index is 971. The van der Waals surface area contributed by atoms with E-state index in [4.69, 9.17) is 4.74 Å². The van der Waals surface area contributed by atoms with Crippen molar-refractivity contribution in [1.82, 2.24) is 20.0 Å². The maximum absolute atomic E-state index is 5.94. The third-order valence-corrected chi connectivity index (χ3v) is 5.19. The van der Waals surface area contributed by atoms with E-state index in [2.05, 4.69) is 62.8 Å². The number of aliphatic imine (C=N–C) groups is 1. The molecule has 1 fully saturated rings. The zero-order valence-corrected chi connectivity index (χ0v) is 19.2. The van der Waals surface area contributed by atoms with E-state index in [0.29, 0.717) is 6.61 Å². The predicted octanol–water partition coefficient (Wildman–Crippen LogP) is 3.38. The molecule has 2 aromatic carbocycles. The van der Waals surface area contributed by atoms with Crippen molar-refractivity contribution in [3.8, 4) is 0 Å². The average molecular weight is 505 g/mol. The minimum Gasteiger partial charge on any atom is -0.370 e. The second kappa shape index (κ2) is 10.1. The van der Waals surface area contributed by atoms with Crippen molar-refractivity contribution in [1.29, 1.82) is 0 Å². The Labute approximate surface area is 189 Å². The molecular formula is C22H28IN5O. The molecular weight excluding hydrogens is 477 g/mol. The summed E-state index contributed by atoms with van der Waals surface area (Å²) in [5.41, 5.74) is 2.44. The van der Waals surface area contributed by atoms with Crippen LogP contribution in [0.15, 0.2) is 59.9 Å². The number of nitrogens with zero attached hydrogens (tertiary/aromatic N) is 4. The summed E-state index contributed by atoms with van der Waals surface area (Å²) in [6.07, 6.45) is 4.88. The molecule has 1 aromatic heterocycles. The van der Waals surface area contributed by atoms with Crippen LogP contribution in [0.3, 0.4) is 0 Å². The molecule has 29 heavy (non-hydrogen) atoms. The molecule has 0 saturated carbocycles.